The van der Waals surface area contributed by atoms with Crippen LogP contribution >= 0.6 is 11.8 Å². The fourth-order valence-electron chi connectivity index (χ4n) is 1.83. The van der Waals surface area contributed by atoms with E-state index in [0.29, 0.717) is 5.92 Å². The van der Waals surface area contributed by atoms with Crippen molar-refractivity contribution in [2.24, 2.45) is 0 Å². The molecule has 0 aliphatic heterocycles. The quantitative estimate of drug-likeness (QED) is 0.654. The van der Waals surface area contributed by atoms with E-state index in [9.17, 15) is 0 Å². The Morgan fingerprint density at radius 1 is 1.28 bits per heavy atom. The Morgan fingerprint density at radius 3 is 2.83 bits per heavy atom. The summed E-state index contributed by atoms with van der Waals surface area (Å²) < 4.78 is 0. The summed E-state index contributed by atoms with van der Waals surface area (Å²) in [5, 5.41) is 11.3. The van der Waals surface area contributed by atoms with Crippen LogP contribution in [0.4, 0.5) is 11.6 Å². The third kappa shape index (κ3) is 2.48. The van der Waals surface area contributed by atoms with Crippen molar-refractivity contribution in [3.63, 3.8) is 0 Å². The molecule has 5 nitrogen and oxygen atoms in total. The lowest BCUT2D eigenvalue weighted by Crippen LogP contribution is -1.98. The summed E-state index contributed by atoms with van der Waals surface area (Å²) in [4.78, 5) is 8.72. The molecule has 18 heavy (non-hydrogen) atoms. The van der Waals surface area contributed by atoms with Gasteiger partial charge in [-0.1, -0.05) is 11.8 Å². The molecule has 1 aliphatic carbocycles. The Labute approximate surface area is 110 Å². The highest BCUT2D eigenvalue weighted by molar-refractivity contribution is 7.98. The third-order valence-corrected chi connectivity index (χ3v) is 3.43. The number of anilines is 2. The topological polar surface area (TPSA) is 66.5 Å². The van der Waals surface area contributed by atoms with Crippen molar-refractivity contribution >= 4 is 23.4 Å². The van der Waals surface area contributed by atoms with Gasteiger partial charge in [0.1, 0.15) is 5.82 Å². The second-order valence-corrected chi connectivity index (χ2v) is 5.26. The number of nitrogens with zero attached hydrogens (tertiary/aromatic N) is 3. The van der Waals surface area contributed by atoms with Crippen LogP contribution in [0.25, 0.3) is 0 Å². The van der Waals surface area contributed by atoms with E-state index < -0.39 is 0 Å². The van der Waals surface area contributed by atoms with Crippen molar-refractivity contribution < 1.29 is 0 Å². The van der Waals surface area contributed by atoms with Gasteiger partial charge in [0.25, 0.3) is 0 Å². The molecule has 0 aromatic carbocycles. The highest BCUT2D eigenvalue weighted by atomic mass is 32.2. The number of aromatic amines is 1. The Hall–Kier alpha value is -1.56. The molecule has 0 saturated heterocycles. The van der Waals surface area contributed by atoms with Gasteiger partial charge in [-0.05, 0) is 26.0 Å². The van der Waals surface area contributed by atoms with Gasteiger partial charge in [0.15, 0.2) is 11.0 Å². The zero-order chi connectivity index (χ0) is 12.5. The molecule has 2 N–H and O–H groups in total. The molecular weight excluding hydrogens is 246 g/mol. The van der Waals surface area contributed by atoms with E-state index in [2.05, 4.69) is 31.5 Å². The summed E-state index contributed by atoms with van der Waals surface area (Å²) in [7, 11) is 0. The number of nitrogens with one attached hydrogen (secondary N) is 2. The molecule has 2 heterocycles. The molecule has 0 amide bonds. The highest BCUT2D eigenvalue weighted by Crippen LogP contribution is 2.39. The summed E-state index contributed by atoms with van der Waals surface area (Å²) in [6.45, 7) is 1.97. The lowest BCUT2D eigenvalue weighted by molar-refractivity contribution is 0.936. The molecule has 0 unspecified atom stereocenters. The molecule has 3 rings (SSSR count). The second-order valence-electron chi connectivity index (χ2n) is 4.49. The summed E-state index contributed by atoms with van der Waals surface area (Å²) in [6.07, 6.45) is 4.51. The molecule has 1 aliphatic rings. The molecule has 2 aromatic heterocycles. The van der Waals surface area contributed by atoms with Gasteiger partial charge in [-0.15, -0.1) is 0 Å². The predicted molar refractivity (Wildman–Crippen MR) is 72.4 cm³/mol. The van der Waals surface area contributed by atoms with E-state index in [-0.39, 0.29) is 0 Å². The normalized spacial score (nSPS) is 14.8. The predicted octanol–water partition coefficient (Wildman–Crippen LogP) is 2.85. The van der Waals surface area contributed by atoms with Crippen LogP contribution in [0.2, 0.25) is 0 Å². The average Bonchev–Trinajstić information content (AvgIpc) is 3.10. The van der Waals surface area contributed by atoms with Crippen molar-refractivity contribution in [1.82, 2.24) is 20.2 Å². The largest absolute Gasteiger partial charge is 0.323 e. The Morgan fingerprint density at radius 2 is 2.11 bits per heavy atom. The Bertz CT molecular complexity index is 561. The van der Waals surface area contributed by atoms with Crippen molar-refractivity contribution in [2.75, 3.05) is 11.6 Å². The Balaban J connectivity index is 1.79. The van der Waals surface area contributed by atoms with Crippen molar-refractivity contribution in [1.29, 1.82) is 0 Å². The maximum Gasteiger partial charge on any atom is 0.189 e. The molecule has 1 fully saturated rings. The van der Waals surface area contributed by atoms with E-state index in [4.69, 9.17) is 0 Å². The molecule has 0 spiro atoms. The summed E-state index contributed by atoms with van der Waals surface area (Å²) in [5.41, 5.74) is 2.17. The molecule has 2 aromatic rings. The standard InChI is InChI=1S/C12H15N5S/c1-7-5-10(15-12(13-7)18-2)14-11-6-9(16-17-11)8-3-4-8/h5-6,8H,3-4H2,1-2H3,(H2,13,14,15,16,17). The van der Waals surface area contributed by atoms with Crippen LogP contribution in [0.5, 0.6) is 0 Å². The van der Waals surface area contributed by atoms with Crippen LogP contribution in [-0.4, -0.2) is 26.4 Å². The van der Waals surface area contributed by atoms with E-state index in [1.54, 1.807) is 0 Å². The van der Waals surface area contributed by atoms with Gasteiger partial charge in [-0.2, -0.15) is 5.10 Å². The highest BCUT2D eigenvalue weighted by Gasteiger charge is 2.25. The van der Waals surface area contributed by atoms with Crippen molar-refractivity contribution in [2.45, 2.75) is 30.8 Å². The average molecular weight is 261 g/mol. The lowest BCUT2D eigenvalue weighted by Gasteiger charge is -2.04. The number of aromatic nitrogens is 4. The first-order valence-corrected chi connectivity index (χ1v) is 7.19. The fourth-order valence-corrected chi connectivity index (χ4v) is 2.26. The molecule has 0 radical (unpaired) electrons. The molecule has 6 heteroatoms. The van der Waals surface area contributed by atoms with Gasteiger partial charge < -0.3 is 5.32 Å². The number of hydrogen-bond donors (Lipinski definition) is 2. The Kier molecular flexibility index (Phi) is 2.95. The van der Waals surface area contributed by atoms with E-state index in [0.717, 1.165) is 22.5 Å². The summed E-state index contributed by atoms with van der Waals surface area (Å²) >= 11 is 1.54. The van der Waals surface area contributed by atoms with Crippen LogP contribution < -0.4 is 5.32 Å². The van der Waals surface area contributed by atoms with Gasteiger partial charge in [-0.25, -0.2) is 9.97 Å². The van der Waals surface area contributed by atoms with Crippen LogP contribution in [-0.2, 0) is 0 Å². The van der Waals surface area contributed by atoms with Crippen LogP contribution in [0.15, 0.2) is 17.3 Å². The third-order valence-electron chi connectivity index (χ3n) is 2.89. The first-order chi connectivity index (χ1) is 8.74. The monoisotopic (exact) mass is 261 g/mol. The lowest BCUT2D eigenvalue weighted by atomic mass is 10.3. The van der Waals surface area contributed by atoms with Crippen molar-refractivity contribution in [3.05, 3.63) is 23.5 Å². The minimum atomic E-state index is 0.682. The van der Waals surface area contributed by atoms with Crippen LogP contribution in [0, 0.1) is 6.92 Å². The molecule has 94 valence electrons. The molecule has 0 bridgehead atoms. The van der Waals surface area contributed by atoms with Gasteiger partial charge in [0, 0.05) is 29.4 Å². The number of rotatable bonds is 4. The number of aryl methyl sites for hydroxylation is 1. The van der Waals surface area contributed by atoms with E-state index in [1.807, 2.05) is 19.2 Å². The summed E-state index contributed by atoms with van der Waals surface area (Å²) in [5.74, 6) is 2.30. The zero-order valence-corrected chi connectivity index (χ0v) is 11.2. The van der Waals surface area contributed by atoms with E-state index in [1.165, 1.54) is 30.3 Å². The minimum absolute atomic E-state index is 0.682. The first-order valence-electron chi connectivity index (χ1n) is 5.96. The summed E-state index contributed by atoms with van der Waals surface area (Å²) in [6, 6.07) is 3.99. The first kappa shape index (κ1) is 11.5. The van der Waals surface area contributed by atoms with Crippen molar-refractivity contribution in [3.8, 4) is 0 Å². The van der Waals surface area contributed by atoms with E-state index >= 15 is 0 Å². The number of thioether (sulfide) groups is 1. The smallest absolute Gasteiger partial charge is 0.189 e. The van der Waals surface area contributed by atoms with Gasteiger partial charge in [0.2, 0.25) is 0 Å². The van der Waals surface area contributed by atoms with Gasteiger partial charge in [-0.3, -0.25) is 5.10 Å². The zero-order valence-electron chi connectivity index (χ0n) is 10.4. The maximum atomic E-state index is 4.40. The van der Waals surface area contributed by atoms with Gasteiger partial charge >= 0.3 is 0 Å². The SMILES string of the molecule is CSc1nc(C)cc(Nc2cc(C3CC3)[nH]n2)n1. The minimum Gasteiger partial charge on any atom is -0.323 e. The number of H-pyrrole nitrogens is 1. The molecule has 0 atom stereocenters. The van der Waals surface area contributed by atoms with Gasteiger partial charge in [0.05, 0.1) is 0 Å². The molecule has 1 saturated carbocycles. The van der Waals surface area contributed by atoms with Crippen LogP contribution in [0.1, 0.15) is 30.1 Å². The second kappa shape index (κ2) is 4.61. The fraction of sp³-hybridized carbons (Fsp3) is 0.417. The maximum absolute atomic E-state index is 4.40. The number of hydrogen-bond acceptors (Lipinski definition) is 5. The molecular formula is C12H15N5S. The van der Waals surface area contributed by atoms with Crippen LogP contribution in [0.3, 0.4) is 0 Å².